The number of aryl methyl sites for hydroxylation is 1. The van der Waals surface area contributed by atoms with Crippen LogP contribution in [0.25, 0.3) is 5.57 Å². The van der Waals surface area contributed by atoms with Gasteiger partial charge in [-0.1, -0.05) is 32.9 Å². The van der Waals surface area contributed by atoms with Crippen LogP contribution >= 0.6 is 0 Å². The van der Waals surface area contributed by atoms with E-state index in [1.54, 1.807) is 6.08 Å². The zero-order valence-electron chi connectivity index (χ0n) is 18.2. The van der Waals surface area contributed by atoms with E-state index in [1.165, 1.54) is 12.2 Å². The maximum atomic E-state index is 10.7. The van der Waals surface area contributed by atoms with Crippen LogP contribution in [0.3, 0.4) is 0 Å². The van der Waals surface area contributed by atoms with Gasteiger partial charge in [-0.2, -0.15) is 0 Å². The maximum Gasteiger partial charge on any atom is 0.222 e. The standard InChI is InChI=1S/C20H27NO4.C2H6.C2H2/c1-4-6-17(23)11-14(2)20-21-19(15(3)25-20)13-24-18-8-5-7-16(12-18)9-10-22;2*1-2/h4,6,10-11,16,18,23H,1,5,7-9,12-13H2,2-3H3;1-2H3;1-2H/b14-11+,17-6+;;. The molecule has 0 aromatic carbocycles. The van der Waals surface area contributed by atoms with Crippen molar-refractivity contribution >= 4 is 11.9 Å². The molecule has 0 amide bonds. The van der Waals surface area contributed by atoms with Gasteiger partial charge in [-0.05, 0) is 51.2 Å². The molecule has 1 heterocycles. The van der Waals surface area contributed by atoms with E-state index in [0.29, 0.717) is 24.8 Å². The third-order valence-electron chi connectivity index (χ3n) is 4.50. The number of aliphatic hydroxyl groups excluding tert-OH is 1. The predicted molar refractivity (Wildman–Crippen MR) is 118 cm³/mol. The Kier molecular flexibility index (Phi) is 14.0. The number of aldehydes is 1. The number of hydrogen-bond acceptors (Lipinski definition) is 5. The topological polar surface area (TPSA) is 72.6 Å². The van der Waals surface area contributed by atoms with Crippen molar-refractivity contribution < 1.29 is 19.1 Å². The van der Waals surface area contributed by atoms with Gasteiger partial charge < -0.3 is 19.1 Å². The number of aliphatic hydroxyl groups is 1. The summed E-state index contributed by atoms with van der Waals surface area (Å²) in [4.78, 5) is 15.2. The van der Waals surface area contributed by atoms with Crippen molar-refractivity contribution in [2.24, 2.45) is 5.92 Å². The molecular weight excluding hydrogens is 366 g/mol. The van der Waals surface area contributed by atoms with Gasteiger partial charge in [0.05, 0.1) is 12.7 Å². The van der Waals surface area contributed by atoms with Crippen LogP contribution in [0.1, 0.15) is 70.2 Å². The number of carbonyl (C=O) groups excluding carboxylic acids is 1. The molecule has 5 nitrogen and oxygen atoms in total. The summed E-state index contributed by atoms with van der Waals surface area (Å²) in [6.45, 7) is 11.6. The van der Waals surface area contributed by atoms with Gasteiger partial charge in [0, 0.05) is 12.0 Å². The van der Waals surface area contributed by atoms with Crippen molar-refractivity contribution in [1.82, 2.24) is 4.98 Å². The van der Waals surface area contributed by atoms with Crippen molar-refractivity contribution in [1.29, 1.82) is 0 Å². The van der Waals surface area contributed by atoms with E-state index in [0.717, 1.165) is 49.0 Å². The van der Waals surface area contributed by atoms with Crippen LogP contribution < -0.4 is 0 Å². The number of allylic oxidation sites excluding steroid dienone is 4. The Morgan fingerprint density at radius 1 is 1.38 bits per heavy atom. The summed E-state index contributed by atoms with van der Waals surface area (Å²) in [5, 5.41) is 9.69. The molecule has 0 radical (unpaired) electrons. The number of aromatic nitrogens is 1. The first-order valence-corrected chi connectivity index (χ1v) is 10.1. The Bertz CT molecular complexity index is 697. The Hall–Kier alpha value is -2.58. The smallest absolute Gasteiger partial charge is 0.222 e. The van der Waals surface area contributed by atoms with Gasteiger partial charge in [0.25, 0.3) is 0 Å². The molecular formula is C24H35NO4. The average molecular weight is 402 g/mol. The Labute approximate surface area is 175 Å². The van der Waals surface area contributed by atoms with Gasteiger partial charge in [0.1, 0.15) is 23.5 Å². The van der Waals surface area contributed by atoms with Crippen LogP contribution in [0.4, 0.5) is 0 Å². The minimum Gasteiger partial charge on any atom is -0.508 e. The molecule has 2 unspecified atom stereocenters. The molecule has 2 rings (SSSR count). The molecule has 1 saturated carbocycles. The summed E-state index contributed by atoms with van der Waals surface area (Å²) in [5.41, 5.74) is 1.50. The van der Waals surface area contributed by atoms with Gasteiger partial charge in [-0.3, -0.25) is 0 Å². The van der Waals surface area contributed by atoms with Crippen molar-refractivity contribution in [3.8, 4) is 12.8 Å². The average Bonchev–Trinajstić information content (AvgIpc) is 3.11. The summed E-state index contributed by atoms with van der Waals surface area (Å²) < 4.78 is 11.7. The molecule has 1 aromatic rings. The normalized spacial score (nSPS) is 19.2. The van der Waals surface area contributed by atoms with Gasteiger partial charge in [0.2, 0.25) is 5.89 Å². The minimum atomic E-state index is 0.101. The molecule has 5 heteroatoms. The van der Waals surface area contributed by atoms with E-state index >= 15 is 0 Å². The number of rotatable bonds is 8. The Morgan fingerprint density at radius 2 is 2.07 bits per heavy atom. The van der Waals surface area contributed by atoms with Crippen LogP contribution in [0.5, 0.6) is 0 Å². The van der Waals surface area contributed by atoms with Crippen LogP contribution in [0.2, 0.25) is 0 Å². The van der Waals surface area contributed by atoms with Crippen molar-refractivity contribution in [2.45, 2.75) is 72.5 Å². The summed E-state index contributed by atoms with van der Waals surface area (Å²) in [6, 6.07) is 0. The third kappa shape index (κ3) is 9.45. The molecule has 160 valence electrons. The lowest BCUT2D eigenvalue weighted by molar-refractivity contribution is -0.109. The van der Waals surface area contributed by atoms with E-state index in [1.807, 2.05) is 27.7 Å². The monoisotopic (exact) mass is 401 g/mol. The lowest BCUT2D eigenvalue weighted by Crippen LogP contribution is -2.23. The Morgan fingerprint density at radius 3 is 2.69 bits per heavy atom. The fourth-order valence-corrected chi connectivity index (χ4v) is 3.12. The van der Waals surface area contributed by atoms with Crippen LogP contribution in [-0.2, 0) is 16.1 Å². The number of hydrogen-bond donors (Lipinski definition) is 1. The van der Waals surface area contributed by atoms with Crippen molar-refractivity contribution in [3.05, 3.63) is 47.9 Å². The summed E-state index contributed by atoms with van der Waals surface area (Å²) in [5.74, 6) is 1.73. The molecule has 1 N–H and O–H groups in total. The molecule has 0 aliphatic heterocycles. The van der Waals surface area contributed by atoms with Crippen molar-refractivity contribution in [2.75, 3.05) is 0 Å². The van der Waals surface area contributed by atoms with Crippen LogP contribution in [-0.4, -0.2) is 22.5 Å². The predicted octanol–water partition coefficient (Wildman–Crippen LogP) is 5.95. The lowest BCUT2D eigenvalue weighted by Gasteiger charge is -2.27. The zero-order valence-corrected chi connectivity index (χ0v) is 18.2. The first kappa shape index (κ1) is 26.4. The van der Waals surface area contributed by atoms with E-state index in [-0.39, 0.29) is 11.9 Å². The number of carbonyl (C=O) groups is 1. The molecule has 2 atom stereocenters. The maximum absolute atomic E-state index is 10.7. The van der Waals surface area contributed by atoms with E-state index < -0.39 is 0 Å². The van der Waals surface area contributed by atoms with Crippen molar-refractivity contribution in [3.63, 3.8) is 0 Å². The quantitative estimate of drug-likeness (QED) is 0.252. The minimum absolute atomic E-state index is 0.101. The van der Waals surface area contributed by atoms with Crippen LogP contribution in [0, 0.1) is 25.7 Å². The number of nitrogens with zero attached hydrogens (tertiary/aromatic N) is 1. The fourth-order valence-electron chi connectivity index (χ4n) is 3.12. The highest BCUT2D eigenvalue weighted by Crippen LogP contribution is 2.29. The third-order valence-corrected chi connectivity index (χ3v) is 4.50. The second kappa shape index (κ2) is 15.4. The fraction of sp³-hybridized carbons (Fsp3) is 0.500. The van der Waals surface area contributed by atoms with E-state index in [4.69, 9.17) is 9.15 Å². The molecule has 1 fully saturated rings. The first-order valence-electron chi connectivity index (χ1n) is 10.1. The molecule has 0 bridgehead atoms. The number of terminal acetylenes is 1. The highest BCUT2D eigenvalue weighted by atomic mass is 16.5. The second-order valence-corrected chi connectivity index (χ2v) is 6.54. The van der Waals surface area contributed by atoms with Gasteiger partial charge in [0.15, 0.2) is 0 Å². The molecule has 0 saturated heterocycles. The molecule has 0 spiro atoms. The van der Waals surface area contributed by atoms with Gasteiger partial charge in [-0.25, -0.2) is 4.98 Å². The summed E-state index contributed by atoms with van der Waals surface area (Å²) in [6.07, 6.45) is 18.6. The van der Waals surface area contributed by atoms with Gasteiger partial charge >= 0.3 is 0 Å². The Balaban J connectivity index is 0.00000184. The van der Waals surface area contributed by atoms with Crippen LogP contribution in [0.15, 0.2) is 35.0 Å². The highest BCUT2D eigenvalue weighted by Gasteiger charge is 2.23. The molecule has 1 aliphatic carbocycles. The van der Waals surface area contributed by atoms with E-state index in [2.05, 4.69) is 24.4 Å². The SMILES string of the molecule is C#C.C=C/C=C(O)\C=C(/C)c1nc(COC2CCCC(CC=O)C2)c(C)o1.CC. The number of oxazole rings is 1. The molecule has 29 heavy (non-hydrogen) atoms. The number of ether oxygens (including phenoxy) is 1. The second-order valence-electron chi connectivity index (χ2n) is 6.54. The largest absolute Gasteiger partial charge is 0.508 e. The first-order chi connectivity index (χ1) is 14.0. The van der Waals surface area contributed by atoms with Gasteiger partial charge in [-0.15, -0.1) is 12.8 Å². The molecule has 1 aliphatic rings. The summed E-state index contributed by atoms with van der Waals surface area (Å²) in [7, 11) is 0. The van der Waals surface area contributed by atoms with E-state index in [9.17, 15) is 9.90 Å². The lowest BCUT2D eigenvalue weighted by atomic mass is 9.85. The zero-order chi connectivity index (χ0) is 22.2. The highest BCUT2D eigenvalue weighted by molar-refractivity contribution is 5.59. The molecule has 1 aromatic heterocycles. The summed E-state index contributed by atoms with van der Waals surface area (Å²) >= 11 is 0.